The maximum atomic E-state index is 13.8. The maximum absolute atomic E-state index is 13.8. The highest BCUT2D eigenvalue weighted by molar-refractivity contribution is 6.36. The van der Waals surface area contributed by atoms with Crippen molar-refractivity contribution in [3.05, 3.63) is 76.8 Å². The van der Waals surface area contributed by atoms with Gasteiger partial charge in [-0.3, -0.25) is 9.69 Å². The third kappa shape index (κ3) is 3.51. The molecule has 0 spiro atoms. The summed E-state index contributed by atoms with van der Waals surface area (Å²) in [4.78, 5) is 15.0. The zero-order valence-electron chi connectivity index (χ0n) is 17.5. The van der Waals surface area contributed by atoms with Gasteiger partial charge in [0.15, 0.2) is 0 Å². The monoisotopic (exact) mass is 420 g/mol. The van der Waals surface area contributed by atoms with Crippen LogP contribution in [0, 0.1) is 5.82 Å². The first-order valence-electron chi connectivity index (χ1n) is 10.6. The third-order valence-corrected chi connectivity index (χ3v) is 6.42. The number of halogens is 1. The molecule has 1 saturated heterocycles. The highest BCUT2D eigenvalue weighted by atomic mass is 19.1. The number of methoxy groups -OCH3 is 1. The van der Waals surface area contributed by atoms with Crippen LogP contribution in [0.4, 0.5) is 10.1 Å². The Morgan fingerprint density at radius 2 is 2.16 bits per heavy atom. The number of nitrogens with one attached hydrogen (secondary N) is 1. The van der Waals surface area contributed by atoms with E-state index in [1.807, 2.05) is 6.07 Å². The van der Waals surface area contributed by atoms with Crippen LogP contribution in [0.25, 0.3) is 11.3 Å². The molecule has 0 saturated carbocycles. The summed E-state index contributed by atoms with van der Waals surface area (Å²) in [5, 5.41) is 2.80. The lowest BCUT2D eigenvalue weighted by Crippen LogP contribution is -2.33. The van der Waals surface area contributed by atoms with Crippen LogP contribution >= 0.6 is 0 Å². The highest BCUT2D eigenvalue weighted by Crippen LogP contribution is 2.42. The van der Waals surface area contributed by atoms with Gasteiger partial charge in [0.1, 0.15) is 23.9 Å². The second-order valence-electron chi connectivity index (χ2n) is 8.24. The molecule has 0 radical (unpaired) electrons. The second kappa shape index (κ2) is 7.85. The molecular formula is C25H25FN2O3. The Labute approximate surface area is 181 Å². The molecule has 1 N–H and O–H groups in total. The molecule has 2 aromatic carbocycles. The summed E-state index contributed by atoms with van der Waals surface area (Å²) in [5.41, 5.74) is 4.74. The molecular weight excluding hydrogens is 395 g/mol. The quantitative estimate of drug-likeness (QED) is 0.577. The molecule has 3 aliphatic heterocycles. The molecule has 31 heavy (non-hydrogen) atoms. The van der Waals surface area contributed by atoms with Gasteiger partial charge in [0, 0.05) is 28.9 Å². The van der Waals surface area contributed by atoms with Crippen LogP contribution in [-0.4, -0.2) is 37.0 Å². The number of carbonyl (C=O) groups is 1. The number of benzene rings is 2. The molecule has 5 rings (SSSR count). The summed E-state index contributed by atoms with van der Waals surface area (Å²) in [6, 6.07) is 10.8. The van der Waals surface area contributed by atoms with E-state index in [1.165, 1.54) is 17.7 Å². The highest BCUT2D eigenvalue weighted by Gasteiger charge is 2.33. The largest absolute Gasteiger partial charge is 0.500 e. The second-order valence-corrected chi connectivity index (χ2v) is 8.24. The average Bonchev–Trinajstić information content (AvgIpc) is 3.47. The van der Waals surface area contributed by atoms with Crippen molar-refractivity contribution in [1.82, 2.24) is 4.90 Å². The van der Waals surface area contributed by atoms with Gasteiger partial charge in [-0.2, -0.15) is 0 Å². The van der Waals surface area contributed by atoms with E-state index < -0.39 is 0 Å². The van der Waals surface area contributed by atoms with Gasteiger partial charge in [0.05, 0.1) is 18.7 Å². The fraction of sp³-hybridized carbons (Fsp3) is 0.320. The minimum Gasteiger partial charge on any atom is -0.500 e. The van der Waals surface area contributed by atoms with Crippen LogP contribution in [0.3, 0.4) is 0 Å². The van der Waals surface area contributed by atoms with E-state index in [2.05, 4.69) is 28.9 Å². The van der Waals surface area contributed by atoms with Crippen LogP contribution in [0.2, 0.25) is 0 Å². The van der Waals surface area contributed by atoms with Crippen LogP contribution in [0.1, 0.15) is 35.1 Å². The van der Waals surface area contributed by atoms with E-state index in [0.717, 1.165) is 49.2 Å². The molecule has 1 fully saturated rings. The number of nitrogens with zero attached hydrogens (tertiary/aromatic N) is 1. The van der Waals surface area contributed by atoms with Gasteiger partial charge in [-0.05, 0) is 49.6 Å². The molecule has 160 valence electrons. The van der Waals surface area contributed by atoms with Gasteiger partial charge in [0.25, 0.3) is 5.91 Å². The Balaban J connectivity index is 1.38. The van der Waals surface area contributed by atoms with E-state index in [1.54, 1.807) is 13.2 Å². The fourth-order valence-corrected chi connectivity index (χ4v) is 4.81. The zero-order valence-corrected chi connectivity index (χ0v) is 17.5. The smallest absolute Gasteiger partial charge is 0.260 e. The van der Waals surface area contributed by atoms with Crippen LogP contribution in [0.15, 0.2) is 48.7 Å². The van der Waals surface area contributed by atoms with Gasteiger partial charge in [0.2, 0.25) is 0 Å². The first-order chi connectivity index (χ1) is 15.0. The van der Waals surface area contributed by atoms with Crippen LogP contribution < -0.4 is 5.32 Å². The molecule has 5 nitrogen and oxygen atoms in total. The Morgan fingerprint density at radius 1 is 1.29 bits per heavy atom. The zero-order chi connectivity index (χ0) is 21.5. The molecule has 6 heteroatoms. The lowest BCUT2D eigenvalue weighted by molar-refractivity contribution is -0.110. The first-order valence-corrected chi connectivity index (χ1v) is 10.6. The number of hydrogen-bond acceptors (Lipinski definition) is 4. The Bertz CT molecular complexity index is 1110. The Morgan fingerprint density at radius 3 is 3.00 bits per heavy atom. The number of rotatable bonds is 5. The number of fused-ring (bicyclic) bond motifs is 2. The van der Waals surface area contributed by atoms with Gasteiger partial charge < -0.3 is 14.8 Å². The number of hydrogen-bond donors (Lipinski definition) is 1. The summed E-state index contributed by atoms with van der Waals surface area (Å²) < 4.78 is 25.1. The number of likely N-dealkylation sites (tertiary alicyclic amines) is 1. The number of amides is 1. The van der Waals surface area contributed by atoms with Gasteiger partial charge >= 0.3 is 0 Å². The van der Waals surface area contributed by atoms with Crippen molar-refractivity contribution in [2.75, 3.05) is 25.5 Å². The summed E-state index contributed by atoms with van der Waals surface area (Å²) in [5.74, 6) is 0.728. The van der Waals surface area contributed by atoms with Gasteiger partial charge in [-0.15, -0.1) is 0 Å². The molecule has 1 unspecified atom stereocenters. The number of anilines is 1. The van der Waals surface area contributed by atoms with E-state index >= 15 is 0 Å². The third-order valence-electron chi connectivity index (χ3n) is 6.42. The summed E-state index contributed by atoms with van der Waals surface area (Å²) in [6.07, 6.45) is 3.17. The Kier molecular flexibility index (Phi) is 5.02. The molecule has 0 aliphatic carbocycles. The average molecular weight is 420 g/mol. The first kappa shape index (κ1) is 19.8. The lowest BCUT2D eigenvalue weighted by Gasteiger charge is -2.25. The minimum atomic E-state index is -0.377. The van der Waals surface area contributed by atoms with Crippen LogP contribution in [0.5, 0.6) is 0 Å². The van der Waals surface area contributed by atoms with Crippen molar-refractivity contribution in [3.8, 4) is 0 Å². The van der Waals surface area contributed by atoms with E-state index in [9.17, 15) is 9.18 Å². The van der Waals surface area contributed by atoms with Crippen LogP contribution in [-0.2, 0) is 27.3 Å². The van der Waals surface area contributed by atoms with Gasteiger partial charge in [-0.1, -0.05) is 24.8 Å². The topological polar surface area (TPSA) is 50.8 Å². The van der Waals surface area contributed by atoms with Crippen molar-refractivity contribution in [1.29, 1.82) is 0 Å². The molecule has 3 heterocycles. The Hall–Kier alpha value is -3.12. The molecule has 0 bridgehead atoms. The summed E-state index contributed by atoms with van der Waals surface area (Å²) in [7, 11) is 1.68. The normalized spacial score (nSPS) is 22.1. The van der Waals surface area contributed by atoms with Crippen molar-refractivity contribution >= 4 is 22.9 Å². The van der Waals surface area contributed by atoms with Crippen molar-refractivity contribution in [2.24, 2.45) is 0 Å². The van der Waals surface area contributed by atoms with Crippen molar-refractivity contribution < 1.29 is 18.7 Å². The number of ether oxygens (including phenoxy) is 2. The molecule has 1 atom stereocenters. The molecule has 2 aromatic rings. The van der Waals surface area contributed by atoms with Crippen molar-refractivity contribution in [2.45, 2.75) is 31.9 Å². The molecule has 3 aliphatic rings. The molecule has 1 amide bonds. The van der Waals surface area contributed by atoms with E-state index in [0.29, 0.717) is 35.2 Å². The van der Waals surface area contributed by atoms with Crippen molar-refractivity contribution in [3.63, 3.8) is 0 Å². The SMILES string of the molecule is C=C(OC)C1CCCN1CCc1ccc2c(c1)COC2=C1C(=O)Nc2ccc(F)cc21. The standard InChI is InChI=1S/C25H25FN2O3/c1-15(30-2)22-4-3-10-28(22)11-9-16-5-7-19-17(12-16)14-31-24(19)23-20-13-18(26)6-8-21(20)27-25(23)29/h5-8,12-13,22H,1,3-4,9-11,14H2,2H3,(H,27,29). The number of carbonyl (C=O) groups excluding carboxylic acids is 1. The van der Waals surface area contributed by atoms with Gasteiger partial charge in [-0.25, -0.2) is 4.39 Å². The summed E-state index contributed by atoms with van der Waals surface area (Å²) >= 11 is 0. The predicted molar refractivity (Wildman–Crippen MR) is 118 cm³/mol. The fourth-order valence-electron chi connectivity index (χ4n) is 4.81. The lowest BCUT2D eigenvalue weighted by atomic mass is 9.98. The predicted octanol–water partition coefficient (Wildman–Crippen LogP) is 4.34. The van der Waals surface area contributed by atoms with E-state index in [-0.39, 0.29) is 11.7 Å². The minimum absolute atomic E-state index is 0.258. The molecule has 0 aromatic heterocycles. The van der Waals surface area contributed by atoms with E-state index in [4.69, 9.17) is 9.47 Å². The maximum Gasteiger partial charge on any atom is 0.260 e. The summed E-state index contributed by atoms with van der Waals surface area (Å²) in [6.45, 7) is 6.45.